The van der Waals surface area contributed by atoms with Crippen molar-refractivity contribution in [2.45, 2.75) is 39.3 Å². The van der Waals surface area contributed by atoms with Gasteiger partial charge < -0.3 is 16.4 Å². The Morgan fingerprint density at radius 3 is 2.50 bits per heavy atom. The zero-order valence-electron chi connectivity index (χ0n) is 12.4. The summed E-state index contributed by atoms with van der Waals surface area (Å²) >= 11 is 1.35. The lowest BCUT2D eigenvalue weighted by molar-refractivity contribution is -0.124. The molecule has 0 aliphatic carbocycles. The van der Waals surface area contributed by atoms with Gasteiger partial charge >= 0.3 is 0 Å². The van der Waals surface area contributed by atoms with Crippen LogP contribution in [0.1, 0.15) is 37.4 Å². The van der Waals surface area contributed by atoms with Crippen LogP contribution in [-0.2, 0) is 4.79 Å². The highest BCUT2D eigenvalue weighted by molar-refractivity contribution is 7.12. The number of nitrogens with one attached hydrogen (secondary N) is 2. The van der Waals surface area contributed by atoms with Gasteiger partial charge in [-0.15, -0.1) is 11.3 Å². The van der Waals surface area contributed by atoms with Gasteiger partial charge in [0.1, 0.15) is 6.04 Å². The maximum atomic E-state index is 12.2. The smallest absolute Gasteiger partial charge is 0.262 e. The summed E-state index contributed by atoms with van der Waals surface area (Å²) in [4.78, 5) is 24.8. The second-order valence-corrected chi connectivity index (χ2v) is 6.83. The van der Waals surface area contributed by atoms with E-state index in [0.717, 1.165) is 0 Å². The molecule has 5 nitrogen and oxygen atoms in total. The van der Waals surface area contributed by atoms with E-state index in [1.165, 1.54) is 11.3 Å². The van der Waals surface area contributed by atoms with E-state index in [1.54, 1.807) is 12.1 Å². The third-order valence-electron chi connectivity index (χ3n) is 2.70. The van der Waals surface area contributed by atoms with Crippen LogP contribution in [0.25, 0.3) is 0 Å². The average molecular weight is 297 g/mol. The second kappa shape index (κ2) is 6.85. The summed E-state index contributed by atoms with van der Waals surface area (Å²) in [6.07, 6.45) is 0. The van der Waals surface area contributed by atoms with Crippen molar-refractivity contribution in [1.82, 2.24) is 10.6 Å². The highest BCUT2D eigenvalue weighted by Crippen LogP contribution is 2.10. The van der Waals surface area contributed by atoms with E-state index < -0.39 is 11.6 Å². The van der Waals surface area contributed by atoms with E-state index >= 15 is 0 Å². The van der Waals surface area contributed by atoms with E-state index in [2.05, 4.69) is 10.6 Å². The van der Waals surface area contributed by atoms with Gasteiger partial charge in [-0.1, -0.05) is 19.9 Å². The predicted molar refractivity (Wildman–Crippen MR) is 81.7 cm³/mol. The van der Waals surface area contributed by atoms with Crippen LogP contribution < -0.4 is 16.4 Å². The van der Waals surface area contributed by atoms with Gasteiger partial charge in [0.05, 0.1) is 4.88 Å². The first-order chi connectivity index (χ1) is 9.20. The molecule has 112 valence electrons. The number of nitrogens with two attached hydrogens (primary N) is 1. The summed E-state index contributed by atoms with van der Waals surface area (Å²) in [5.41, 5.74) is 5.36. The molecule has 1 rings (SSSR count). The van der Waals surface area contributed by atoms with E-state index in [4.69, 9.17) is 5.73 Å². The highest BCUT2D eigenvalue weighted by atomic mass is 32.1. The van der Waals surface area contributed by atoms with Crippen LogP contribution in [0.2, 0.25) is 0 Å². The van der Waals surface area contributed by atoms with Gasteiger partial charge in [0.2, 0.25) is 5.91 Å². The van der Waals surface area contributed by atoms with Gasteiger partial charge in [-0.25, -0.2) is 0 Å². The standard InChI is InChI=1S/C14H23N3O2S/c1-9(2)11(13(19)16-8-14(3,4)15)17-12(18)10-6-5-7-20-10/h5-7,9,11H,8,15H2,1-4H3,(H,16,19)(H,17,18). The van der Waals surface area contributed by atoms with Gasteiger partial charge in [-0.3, -0.25) is 9.59 Å². The molecule has 1 heterocycles. The topological polar surface area (TPSA) is 84.2 Å². The van der Waals surface area contributed by atoms with Crippen molar-refractivity contribution in [3.8, 4) is 0 Å². The SMILES string of the molecule is CC(C)C(NC(=O)c1cccs1)C(=O)NCC(C)(C)N. The number of carbonyl (C=O) groups is 2. The number of thiophene rings is 1. The minimum Gasteiger partial charge on any atom is -0.352 e. The number of carbonyl (C=O) groups excluding carboxylic acids is 2. The Morgan fingerprint density at radius 2 is 2.05 bits per heavy atom. The normalized spacial score (nSPS) is 13.1. The van der Waals surface area contributed by atoms with Gasteiger partial charge in [0.15, 0.2) is 0 Å². The third-order valence-corrected chi connectivity index (χ3v) is 3.57. The molecule has 4 N–H and O–H groups in total. The molecule has 2 amide bonds. The number of amides is 2. The van der Waals surface area contributed by atoms with Crippen molar-refractivity contribution < 1.29 is 9.59 Å². The van der Waals surface area contributed by atoms with Gasteiger partial charge in [-0.05, 0) is 31.2 Å². The van der Waals surface area contributed by atoms with Crippen molar-refractivity contribution in [3.05, 3.63) is 22.4 Å². The minimum atomic E-state index is -0.563. The molecule has 0 fully saturated rings. The summed E-state index contributed by atoms with van der Waals surface area (Å²) in [6, 6.07) is 2.98. The molecule has 1 aromatic heterocycles. The summed E-state index contributed by atoms with van der Waals surface area (Å²) in [5.74, 6) is -0.427. The Kier molecular flexibility index (Phi) is 5.71. The molecule has 0 radical (unpaired) electrons. The zero-order valence-corrected chi connectivity index (χ0v) is 13.2. The Balaban J connectivity index is 2.65. The summed E-state index contributed by atoms with van der Waals surface area (Å²) in [7, 11) is 0. The molecule has 0 aromatic carbocycles. The lowest BCUT2D eigenvalue weighted by Crippen LogP contribution is -2.53. The molecule has 1 aromatic rings. The average Bonchev–Trinajstić information content (AvgIpc) is 2.85. The molecule has 6 heteroatoms. The Morgan fingerprint density at radius 1 is 1.40 bits per heavy atom. The number of rotatable bonds is 6. The molecule has 0 saturated carbocycles. The van der Waals surface area contributed by atoms with Crippen LogP contribution >= 0.6 is 11.3 Å². The largest absolute Gasteiger partial charge is 0.352 e. The molecule has 1 unspecified atom stereocenters. The van der Waals surface area contributed by atoms with Crippen LogP contribution in [0.15, 0.2) is 17.5 Å². The summed E-state index contributed by atoms with van der Waals surface area (Å²) < 4.78 is 0. The van der Waals surface area contributed by atoms with E-state index in [9.17, 15) is 9.59 Å². The summed E-state index contributed by atoms with van der Waals surface area (Å²) in [5, 5.41) is 7.38. The molecule has 0 aliphatic rings. The van der Waals surface area contributed by atoms with Crippen molar-refractivity contribution >= 4 is 23.2 Å². The van der Waals surface area contributed by atoms with Gasteiger partial charge in [-0.2, -0.15) is 0 Å². The van der Waals surface area contributed by atoms with Gasteiger partial charge in [0.25, 0.3) is 5.91 Å². The van der Waals surface area contributed by atoms with Crippen LogP contribution in [-0.4, -0.2) is 29.9 Å². The molecule has 0 saturated heterocycles. The summed E-state index contributed by atoms with van der Waals surface area (Å²) in [6.45, 7) is 7.83. The lowest BCUT2D eigenvalue weighted by atomic mass is 10.0. The van der Waals surface area contributed by atoms with Crippen LogP contribution in [0.5, 0.6) is 0 Å². The fraction of sp³-hybridized carbons (Fsp3) is 0.571. The Labute approximate surface area is 123 Å². The van der Waals surface area contributed by atoms with Crippen molar-refractivity contribution in [2.75, 3.05) is 6.54 Å². The maximum absolute atomic E-state index is 12.2. The molecule has 1 atom stereocenters. The molecule has 20 heavy (non-hydrogen) atoms. The van der Waals surface area contributed by atoms with Crippen LogP contribution in [0.4, 0.5) is 0 Å². The molecular weight excluding hydrogens is 274 g/mol. The molecule has 0 bridgehead atoms. The fourth-order valence-electron chi connectivity index (χ4n) is 1.58. The van der Waals surface area contributed by atoms with E-state index in [1.807, 2.05) is 33.1 Å². The Hall–Kier alpha value is -1.40. The highest BCUT2D eigenvalue weighted by Gasteiger charge is 2.25. The quantitative estimate of drug-likeness (QED) is 0.741. The lowest BCUT2D eigenvalue weighted by Gasteiger charge is -2.24. The number of hydrogen-bond donors (Lipinski definition) is 3. The van der Waals surface area contributed by atoms with Crippen molar-refractivity contribution in [3.63, 3.8) is 0 Å². The Bertz CT molecular complexity index is 449. The second-order valence-electron chi connectivity index (χ2n) is 5.88. The maximum Gasteiger partial charge on any atom is 0.262 e. The molecule has 0 aliphatic heterocycles. The van der Waals surface area contributed by atoms with Crippen LogP contribution in [0, 0.1) is 5.92 Å². The zero-order chi connectivity index (χ0) is 15.3. The number of hydrogen-bond acceptors (Lipinski definition) is 4. The predicted octanol–water partition coefficient (Wildman–Crippen LogP) is 1.36. The minimum absolute atomic E-state index is 0.000186. The van der Waals surface area contributed by atoms with Crippen molar-refractivity contribution in [2.24, 2.45) is 11.7 Å². The monoisotopic (exact) mass is 297 g/mol. The first-order valence-electron chi connectivity index (χ1n) is 6.61. The van der Waals surface area contributed by atoms with Gasteiger partial charge in [0, 0.05) is 12.1 Å². The fourth-order valence-corrected chi connectivity index (χ4v) is 2.21. The van der Waals surface area contributed by atoms with E-state index in [0.29, 0.717) is 11.4 Å². The first kappa shape index (κ1) is 16.7. The van der Waals surface area contributed by atoms with E-state index in [-0.39, 0.29) is 17.7 Å². The first-order valence-corrected chi connectivity index (χ1v) is 7.49. The third kappa shape index (κ3) is 5.30. The molecular formula is C14H23N3O2S. The van der Waals surface area contributed by atoms with Crippen molar-refractivity contribution in [1.29, 1.82) is 0 Å². The van der Waals surface area contributed by atoms with Crippen LogP contribution in [0.3, 0.4) is 0 Å². The molecule has 0 spiro atoms.